The number of aliphatic hydroxyl groups excluding tert-OH is 1. The van der Waals surface area contributed by atoms with E-state index >= 15 is 0 Å². The molecule has 140 valence electrons. The zero-order valence-electron chi connectivity index (χ0n) is 13.6. The maximum absolute atomic E-state index is 12.9. The SMILES string of the molecule is Cc1nn2c(-c3ccc(Cl)cc3Cl)c(C)oc2c1OC(CO)C(F)(F)F. The van der Waals surface area contributed by atoms with E-state index in [1.807, 2.05) is 0 Å². The smallest absolute Gasteiger partial charge is 0.427 e. The highest BCUT2D eigenvalue weighted by atomic mass is 35.5. The van der Waals surface area contributed by atoms with Crippen LogP contribution in [0.2, 0.25) is 10.0 Å². The predicted octanol–water partition coefficient (Wildman–Crippen LogP) is 4.82. The van der Waals surface area contributed by atoms with Crippen LogP contribution in [0.5, 0.6) is 5.75 Å². The summed E-state index contributed by atoms with van der Waals surface area (Å²) in [5, 5.41) is 14.0. The van der Waals surface area contributed by atoms with Crippen LogP contribution in [0.4, 0.5) is 13.2 Å². The molecule has 3 aromatic rings. The van der Waals surface area contributed by atoms with E-state index in [1.165, 1.54) is 17.5 Å². The molecular formula is C16H13Cl2F3N2O3. The second kappa shape index (κ2) is 6.68. The van der Waals surface area contributed by atoms with Crippen molar-refractivity contribution < 1.29 is 27.4 Å². The Morgan fingerprint density at radius 2 is 2.00 bits per heavy atom. The van der Waals surface area contributed by atoms with E-state index in [0.29, 0.717) is 27.1 Å². The van der Waals surface area contributed by atoms with Crippen LogP contribution in [-0.4, -0.2) is 33.6 Å². The minimum Gasteiger partial charge on any atom is -0.471 e. The number of alkyl halides is 3. The first-order valence-electron chi connectivity index (χ1n) is 7.41. The van der Waals surface area contributed by atoms with Gasteiger partial charge in [-0.15, -0.1) is 0 Å². The molecule has 1 unspecified atom stereocenters. The summed E-state index contributed by atoms with van der Waals surface area (Å²) in [6.07, 6.45) is -7.12. The minimum atomic E-state index is -4.74. The van der Waals surface area contributed by atoms with E-state index in [-0.39, 0.29) is 17.2 Å². The van der Waals surface area contributed by atoms with Crippen molar-refractivity contribution in [2.75, 3.05) is 6.61 Å². The van der Waals surface area contributed by atoms with Crippen LogP contribution in [-0.2, 0) is 0 Å². The lowest BCUT2D eigenvalue weighted by atomic mass is 10.1. The summed E-state index contributed by atoms with van der Waals surface area (Å²) >= 11 is 12.1. The van der Waals surface area contributed by atoms with Crippen molar-refractivity contribution >= 4 is 28.9 Å². The molecule has 0 fully saturated rings. The number of aryl methyl sites for hydroxylation is 2. The Kier molecular flexibility index (Phi) is 4.85. The quantitative estimate of drug-likeness (QED) is 0.672. The van der Waals surface area contributed by atoms with Gasteiger partial charge in [0.1, 0.15) is 17.1 Å². The molecule has 1 aromatic carbocycles. The number of ether oxygens (including phenoxy) is 1. The maximum atomic E-state index is 12.9. The standard InChI is InChI=1S/C16H13Cl2F3N2O3/c1-7-14(26-12(6-24)16(19,20)21)15-23(22-7)13(8(2)25-15)10-4-3-9(17)5-11(10)18/h3-5,12,24H,6H2,1-2H3. The third-order valence-corrected chi connectivity index (χ3v) is 4.29. The second-order valence-electron chi connectivity index (χ2n) is 5.59. The fourth-order valence-electron chi connectivity index (χ4n) is 2.55. The number of oxazole rings is 1. The second-order valence-corrected chi connectivity index (χ2v) is 6.44. The van der Waals surface area contributed by atoms with Gasteiger partial charge in [-0.05, 0) is 32.0 Å². The highest BCUT2D eigenvalue weighted by Gasteiger charge is 2.42. The topological polar surface area (TPSA) is 59.9 Å². The number of aliphatic hydroxyl groups is 1. The molecule has 0 spiro atoms. The van der Waals surface area contributed by atoms with Crippen LogP contribution in [0.15, 0.2) is 22.6 Å². The van der Waals surface area contributed by atoms with Gasteiger partial charge in [-0.1, -0.05) is 23.2 Å². The molecule has 0 aliphatic rings. The summed E-state index contributed by atoms with van der Waals surface area (Å²) in [5.41, 5.74) is 1.18. The van der Waals surface area contributed by atoms with Crippen molar-refractivity contribution in [2.45, 2.75) is 26.1 Å². The maximum Gasteiger partial charge on any atom is 0.427 e. The number of halogens is 5. The molecule has 1 N–H and O–H groups in total. The molecule has 0 radical (unpaired) electrons. The first-order chi connectivity index (χ1) is 12.1. The fraction of sp³-hybridized carbons (Fsp3) is 0.312. The van der Waals surface area contributed by atoms with Crippen molar-refractivity contribution in [3.63, 3.8) is 0 Å². The average Bonchev–Trinajstić information content (AvgIpc) is 2.98. The van der Waals surface area contributed by atoms with E-state index in [9.17, 15) is 13.2 Å². The monoisotopic (exact) mass is 408 g/mol. The normalized spacial score (nSPS) is 13.4. The highest BCUT2D eigenvalue weighted by molar-refractivity contribution is 6.36. The summed E-state index contributed by atoms with van der Waals surface area (Å²) < 4.78 is 50.6. The van der Waals surface area contributed by atoms with Gasteiger partial charge in [-0.3, -0.25) is 0 Å². The van der Waals surface area contributed by atoms with Crippen molar-refractivity contribution in [2.24, 2.45) is 0 Å². The van der Waals surface area contributed by atoms with Gasteiger partial charge >= 0.3 is 6.18 Å². The first-order valence-corrected chi connectivity index (χ1v) is 8.17. The molecule has 10 heteroatoms. The number of nitrogens with zero attached hydrogens (tertiary/aromatic N) is 2. The summed E-state index contributed by atoms with van der Waals surface area (Å²) in [6.45, 7) is 1.88. The summed E-state index contributed by atoms with van der Waals surface area (Å²) in [7, 11) is 0. The van der Waals surface area contributed by atoms with E-state index in [2.05, 4.69) is 5.10 Å². The third-order valence-electron chi connectivity index (χ3n) is 3.74. The van der Waals surface area contributed by atoms with Gasteiger partial charge in [0.2, 0.25) is 11.9 Å². The fourth-order valence-corrected chi connectivity index (χ4v) is 3.04. The molecule has 1 atom stereocenters. The van der Waals surface area contributed by atoms with Crippen LogP contribution in [0.3, 0.4) is 0 Å². The van der Waals surface area contributed by atoms with Gasteiger partial charge in [0.25, 0.3) is 5.71 Å². The van der Waals surface area contributed by atoms with Crippen molar-refractivity contribution in [3.8, 4) is 17.0 Å². The minimum absolute atomic E-state index is 0.0104. The van der Waals surface area contributed by atoms with Gasteiger partial charge in [-0.25, -0.2) is 0 Å². The summed E-state index contributed by atoms with van der Waals surface area (Å²) in [4.78, 5) is 0. The number of hydrogen-bond donors (Lipinski definition) is 1. The lowest BCUT2D eigenvalue weighted by Gasteiger charge is -2.18. The molecule has 0 aliphatic carbocycles. The van der Waals surface area contributed by atoms with Gasteiger partial charge in [0, 0.05) is 10.6 Å². The van der Waals surface area contributed by atoms with Gasteiger partial charge in [-0.2, -0.15) is 22.8 Å². The van der Waals surface area contributed by atoms with Crippen LogP contribution >= 0.6 is 23.2 Å². The summed E-state index contributed by atoms with van der Waals surface area (Å²) in [5.74, 6) is 0.190. The Hall–Kier alpha value is -1.90. The molecule has 0 bridgehead atoms. The molecule has 0 amide bonds. The Balaban J connectivity index is 2.14. The van der Waals surface area contributed by atoms with Crippen molar-refractivity contribution in [1.82, 2.24) is 9.61 Å². The number of hydrogen-bond acceptors (Lipinski definition) is 4. The van der Waals surface area contributed by atoms with E-state index in [0.717, 1.165) is 0 Å². The number of aromatic nitrogens is 2. The van der Waals surface area contributed by atoms with Crippen molar-refractivity contribution in [1.29, 1.82) is 0 Å². The zero-order chi connectivity index (χ0) is 19.2. The average molecular weight is 409 g/mol. The number of fused-ring (bicyclic) bond motifs is 1. The molecule has 3 rings (SSSR count). The first kappa shape index (κ1) is 18.9. The van der Waals surface area contributed by atoms with Crippen LogP contribution in [0.1, 0.15) is 11.5 Å². The molecule has 0 aliphatic heterocycles. The lowest BCUT2D eigenvalue weighted by Crippen LogP contribution is -2.37. The molecule has 5 nitrogen and oxygen atoms in total. The van der Waals surface area contributed by atoms with Crippen molar-refractivity contribution in [3.05, 3.63) is 39.7 Å². The van der Waals surface area contributed by atoms with Crippen LogP contribution in [0, 0.1) is 13.8 Å². The molecular weight excluding hydrogens is 396 g/mol. The Morgan fingerprint density at radius 1 is 1.31 bits per heavy atom. The Bertz CT molecular complexity index is 966. The zero-order valence-corrected chi connectivity index (χ0v) is 15.1. The highest BCUT2D eigenvalue weighted by Crippen LogP contribution is 2.38. The number of benzene rings is 1. The van der Waals surface area contributed by atoms with E-state index in [1.54, 1.807) is 19.1 Å². The molecule has 0 saturated carbocycles. The van der Waals surface area contributed by atoms with Gasteiger partial charge in [0.15, 0.2) is 0 Å². The van der Waals surface area contributed by atoms with Crippen LogP contribution < -0.4 is 4.74 Å². The largest absolute Gasteiger partial charge is 0.471 e. The molecule has 2 heterocycles. The number of rotatable bonds is 4. The van der Waals surface area contributed by atoms with Crippen LogP contribution in [0.25, 0.3) is 17.0 Å². The predicted molar refractivity (Wildman–Crippen MR) is 89.9 cm³/mol. The lowest BCUT2D eigenvalue weighted by molar-refractivity contribution is -0.204. The van der Waals surface area contributed by atoms with Gasteiger partial charge < -0.3 is 14.3 Å². The summed E-state index contributed by atoms with van der Waals surface area (Å²) in [6, 6.07) is 4.82. The Labute approximate surface area is 155 Å². The van der Waals surface area contributed by atoms with E-state index in [4.69, 9.17) is 37.5 Å². The molecule has 26 heavy (non-hydrogen) atoms. The van der Waals surface area contributed by atoms with Gasteiger partial charge in [0.05, 0.1) is 11.6 Å². The van der Waals surface area contributed by atoms with E-state index < -0.39 is 18.9 Å². The Morgan fingerprint density at radius 3 is 2.58 bits per heavy atom. The third kappa shape index (κ3) is 3.24. The molecule has 0 saturated heterocycles. The molecule has 2 aromatic heterocycles.